The molecule has 0 aliphatic heterocycles. The summed E-state index contributed by atoms with van der Waals surface area (Å²) in [6.45, 7) is 0. The van der Waals surface area contributed by atoms with E-state index in [-0.39, 0.29) is 17.3 Å². The van der Waals surface area contributed by atoms with Crippen molar-refractivity contribution in [1.29, 1.82) is 0 Å². The zero-order chi connectivity index (χ0) is 15.4. The van der Waals surface area contributed by atoms with Gasteiger partial charge in [0.05, 0.1) is 17.2 Å². The van der Waals surface area contributed by atoms with Gasteiger partial charge < -0.3 is 0 Å². The lowest BCUT2D eigenvalue weighted by molar-refractivity contribution is 0.615. The van der Waals surface area contributed by atoms with Gasteiger partial charge in [-0.05, 0) is 28.6 Å². The van der Waals surface area contributed by atoms with Gasteiger partial charge in [-0.2, -0.15) is 4.68 Å². The summed E-state index contributed by atoms with van der Waals surface area (Å²) in [6.07, 6.45) is 0. The molecular formula is C15H13FN4OS. The van der Waals surface area contributed by atoms with Crippen molar-refractivity contribution in [2.75, 3.05) is 0 Å². The molecule has 3 aromatic rings. The highest BCUT2D eigenvalue weighted by Gasteiger charge is 2.13. The first-order valence-electron chi connectivity index (χ1n) is 6.65. The Morgan fingerprint density at radius 1 is 1.00 bits per heavy atom. The van der Waals surface area contributed by atoms with Gasteiger partial charge in [0.2, 0.25) is 0 Å². The summed E-state index contributed by atoms with van der Waals surface area (Å²) in [5.41, 5.74) is 1.23. The molecule has 0 N–H and O–H groups in total. The molecule has 1 aromatic heterocycles. The van der Waals surface area contributed by atoms with Crippen LogP contribution in [0.1, 0.15) is 11.4 Å². The van der Waals surface area contributed by atoms with Crippen LogP contribution in [0.2, 0.25) is 0 Å². The predicted molar refractivity (Wildman–Crippen MR) is 81.1 cm³/mol. The van der Waals surface area contributed by atoms with Crippen LogP contribution >= 0.6 is 0 Å². The van der Waals surface area contributed by atoms with Gasteiger partial charge in [-0.3, -0.25) is 4.21 Å². The second-order valence-corrected chi connectivity index (χ2v) is 6.12. The molecule has 0 saturated heterocycles. The van der Waals surface area contributed by atoms with Crippen LogP contribution in [0.3, 0.4) is 0 Å². The third-order valence-electron chi connectivity index (χ3n) is 3.10. The van der Waals surface area contributed by atoms with E-state index in [1.807, 2.05) is 30.3 Å². The van der Waals surface area contributed by atoms with E-state index >= 15 is 0 Å². The average molecular weight is 316 g/mol. The maximum atomic E-state index is 13.6. The van der Waals surface area contributed by atoms with Crippen LogP contribution in [-0.2, 0) is 22.3 Å². The summed E-state index contributed by atoms with van der Waals surface area (Å²) < 4.78 is 27.4. The Hall–Kier alpha value is -2.41. The van der Waals surface area contributed by atoms with Crippen molar-refractivity contribution in [3.05, 3.63) is 71.8 Å². The molecule has 0 amide bonds. The highest BCUT2D eigenvalue weighted by atomic mass is 32.2. The van der Waals surface area contributed by atoms with Gasteiger partial charge >= 0.3 is 0 Å². The zero-order valence-corrected chi connectivity index (χ0v) is 12.4. The molecule has 0 radical (unpaired) electrons. The summed E-state index contributed by atoms with van der Waals surface area (Å²) in [7, 11) is -1.30. The molecule has 0 saturated carbocycles. The Balaban J connectivity index is 1.76. The molecule has 1 heterocycles. The van der Waals surface area contributed by atoms with Crippen LogP contribution in [0.5, 0.6) is 0 Å². The number of tetrazole rings is 1. The van der Waals surface area contributed by atoms with Crippen molar-refractivity contribution in [1.82, 2.24) is 20.2 Å². The number of nitrogens with zero attached hydrogens (tertiary/aromatic N) is 4. The first-order chi connectivity index (χ1) is 10.7. The lowest BCUT2D eigenvalue weighted by Crippen LogP contribution is -2.08. The normalized spacial score (nSPS) is 12.2. The van der Waals surface area contributed by atoms with E-state index in [0.717, 1.165) is 5.69 Å². The Bertz CT molecular complexity index is 791. The van der Waals surface area contributed by atoms with Crippen LogP contribution in [0, 0.1) is 5.82 Å². The van der Waals surface area contributed by atoms with E-state index in [0.29, 0.717) is 11.4 Å². The smallest absolute Gasteiger partial charge is 0.169 e. The van der Waals surface area contributed by atoms with E-state index in [2.05, 4.69) is 15.5 Å². The third kappa shape index (κ3) is 3.25. The minimum Gasteiger partial charge on any atom is -0.259 e. The number of aromatic nitrogens is 4. The van der Waals surface area contributed by atoms with Gasteiger partial charge in [0.25, 0.3) is 0 Å². The molecule has 0 spiro atoms. The van der Waals surface area contributed by atoms with Crippen molar-refractivity contribution >= 4 is 10.8 Å². The molecule has 0 aliphatic rings. The van der Waals surface area contributed by atoms with E-state index in [1.165, 1.54) is 6.07 Å². The highest BCUT2D eigenvalue weighted by Crippen LogP contribution is 2.13. The molecule has 2 aromatic carbocycles. The number of hydrogen-bond acceptors (Lipinski definition) is 4. The quantitative estimate of drug-likeness (QED) is 0.724. The Kier molecular flexibility index (Phi) is 4.34. The Morgan fingerprint density at radius 2 is 1.73 bits per heavy atom. The SMILES string of the molecule is O=S(Cc1ccccc1F)Cc1nnnn1-c1ccccc1. The fraction of sp³-hybridized carbons (Fsp3) is 0.133. The molecule has 5 nitrogen and oxygen atoms in total. The minimum atomic E-state index is -1.30. The van der Waals surface area contributed by atoms with Gasteiger partial charge in [0, 0.05) is 16.4 Å². The molecule has 3 rings (SSSR count). The van der Waals surface area contributed by atoms with Gasteiger partial charge in [0.15, 0.2) is 5.82 Å². The van der Waals surface area contributed by atoms with E-state index in [4.69, 9.17) is 0 Å². The molecule has 112 valence electrons. The summed E-state index contributed by atoms with van der Waals surface area (Å²) in [5, 5.41) is 11.5. The second-order valence-electron chi connectivity index (χ2n) is 4.66. The molecule has 22 heavy (non-hydrogen) atoms. The fourth-order valence-electron chi connectivity index (χ4n) is 2.05. The lowest BCUT2D eigenvalue weighted by atomic mass is 10.2. The number of para-hydroxylation sites is 1. The van der Waals surface area contributed by atoms with Crippen LogP contribution in [-0.4, -0.2) is 24.4 Å². The van der Waals surface area contributed by atoms with Crippen LogP contribution in [0.4, 0.5) is 4.39 Å². The van der Waals surface area contributed by atoms with E-state index in [9.17, 15) is 8.60 Å². The number of hydrogen-bond donors (Lipinski definition) is 0. The van der Waals surface area contributed by atoms with Crippen molar-refractivity contribution in [3.63, 3.8) is 0 Å². The molecular weight excluding hydrogens is 303 g/mol. The van der Waals surface area contributed by atoms with Crippen molar-refractivity contribution in [3.8, 4) is 5.69 Å². The number of halogens is 1. The van der Waals surface area contributed by atoms with Crippen molar-refractivity contribution < 1.29 is 8.60 Å². The molecule has 0 fully saturated rings. The summed E-state index contributed by atoms with van der Waals surface area (Å²) in [4.78, 5) is 0. The topological polar surface area (TPSA) is 60.7 Å². The first kappa shape index (κ1) is 14.5. The van der Waals surface area contributed by atoms with Gasteiger partial charge in [-0.25, -0.2) is 4.39 Å². The molecule has 0 bridgehead atoms. The van der Waals surface area contributed by atoms with E-state index < -0.39 is 10.8 Å². The predicted octanol–water partition coefficient (Wildman–Crippen LogP) is 2.25. The fourth-order valence-corrected chi connectivity index (χ4v) is 3.20. The minimum absolute atomic E-state index is 0.133. The van der Waals surface area contributed by atoms with Gasteiger partial charge in [-0.1, -0.05) is 36.4 Å². The number of benzene rings is 2. The van der Waals surface area contributed by atoms with Crippen molar-refractivity contribution in [2.24, 2.45) is 0 Å². The largest absolute Gasteiger partial charge is 0.259 e. The summed E-state index contributed by atoms with van der Waals surface area (Å²) in [6, 6.07) is 15.7. The molecule has 1 atom stereocenters. The van der Waals surface area contributed by atoms with Crippen LogP contribution in [0.15, 0.2) is 54.6 Å². The third-order valence-corrected chi connectivity index (χ3v) is 4.31. The standard InChI is InChI=1S/C15H13FN4OS/c16-14-9-5-4-6-12(14)10-22(21)11-15-17-18-19-20(15)13-7-2-1-3-8-13/h1-9H,10-11H2. The van der Waals surface area contributed by atoms with Gasteiger partial charge in [-0.15, -0.1) is 5.10 Å². The highest BCUT2D eigenvalue weighted by molar-refractivity contribution is 7.83. The monoisotopic (exact) mass is 316 g/mol. The Labute approximate surface area is 129 Å². The van der Waals surface area contributed by atoms with Gasteiger partial charge in [0.1, 0.15) is 5.82 Å². The first-order valence-corrected chi connectivity index (χ1v) is 8.14. The second kappa shape index (κ2) is 6.57. The van der Waals surface area contributed by atoms with Crippen molar-refractivity contribution in [2.45, 2.75) is 11.5 Å². The van der Waals surface area contributed by atoms with E-state index in [1.54, 1.807) is 22.9 Å². The molecule has 7 heteroatoms. The summed E-state index contributed by atoms with van der Waals surface area (Å²) >= 11 is 0. The average Bonchev–Trinajstić information content (AvgIpc) is 2.98. The summed E-state index contributed by atoms with van der Waals surface area (Å²) in [5.74, 6) is 0.434. The van der Waals surface area contributed by atoms with Crippen LogP contribution in [0.25, 0.3) is 5.69 Å². The molecule has 1 unspecified atom stereocenters. The number of rotatable bonds is 5. The maximum Gasteiger partial charge on any atom is 0.169 e. The lowest BCUT2D eigenvalue weighted by Gasteiger charge is -2.05. The maximum absolute atomic E-state index is 13.6. The Morgan fingerprint density at radius 3 is 2.50 bits per heavy atom. The van der Waals surface area contributed by atoms with Crippen LogP contribution < -0.4 is 0 Å². The zero-order valence-electron chi connectivity index (χ0n) is 11.6. The molecule has 0 aliphatic carbocycles.